The molecule has 2 N–H and O–H groups in total. The lowest BCUT2D eigenvalue weighted by atomic mass is 10.0. The van der Waals surface area contributed by atoms with Gasteiger partial charge in [-0.15, -0.1) is 5.10 Å². The number of carbonyl (C=O) groups is 1. The van der Waals surface area contributed by atoms with Crippen molar-refractivity contribution in [2.45, 2.75) is 63.4 Å². The van der Waals surface area contributed by atoms with Gasteiger partial charge in [0.2, 0.25) is 11.1 Å². The number of aromatic amines is 1. The molecule has 0 unspecified atom stereocenters. The predicted molar refractivity (Wildman–Crippen MR) is 119 cm³/mol. The van der Waals surface area contributed by atoms with Gasteiger partial charge >= 0.3 is 0 Å². The monoisotopic (exact) mass is 413 g/mol. The van der Waals surface area contributed by atoms with Gasteiger partial charge in [0, 0.05) is 30.9 Å². The highest BCUT2D eigenvalue weighted by molar-refractivity contribution is 7.99. The molecule has 156 valence electrons. The van der Waals surface area contributed by atoms with Crippen LogP contribution in [0.3, 0.4) is 0 Å². The number of rotatable bonds is 8. The van der Waals surface area contributed by atoms with Crippen molar-refractivity contribution in [1.29, 1.82) is 0 Å². The molecule has 29 heavy (non-hydrogen) atoms. The summed E-state index contributed by atoms with van der Waals surface area (Å²) in [6.07, 6.45) is 10.1. The fourth-order valence-corrected chi connectivity index (χ4v) is 5.08. The number of benzene rings is 1. The van der Waals surface area contributed by atoms with Gasteiger partial charge in [-0.05, 0) is 55.9 Å². The first-order chi connectivity index (χ1) is 14.2. The number of aromatic nitrogens is 3. The fraction of sp³-hybridized carbons (Fsp3) is 0.591. The topological polar surface area (TPSA) is 73.9 Å². The Kier molecular flexibility index (Phi) is 6.74. The largest absolute Gasteiger partial charge is 0.371 e. The maximum absolute atomic E-state index is 12.3. The van der Waals surface area contributed by atoms with Gasteiger partial charge in [0.15, 0.2) is 0 Å². The number of amides is 1. The molecule has 0 radical (unpaired) electrons. The lowest BCUT2D eigenvalue weighted by Crippen LogP contribution is -2.19. The van der Waals surface area contributed by atoms with Gasteiger partial charge in [-0.25, -0.2) is 4.98 Å². The maximum Gasteiger partial charge on any atom is 0.234 e. The Hall–Kier alpha value is -2.02. The molecular formula is C22H31N5OS. The van der Waals surface area contributed by atoms with E-state index in [-0.39, 0.29) is 5.91 Å². The molecule has 2 aliphatic rings. The Balaban J connectivity index is 1.23. The van der Waals surface area contributed by atoms with Crippen molar-refractivity contribution in [2.24, 2.45) is 5.92 Å². The lowest BCUT2D eigenvalue weighted by molar-refractivity contribution is -0.113. The number of anilines is 2. The van der Waals surface area contributed by atoms with E-state index >= 15 is 0 Å². The van der Waals surface area contributed by atoms with E-state index in [9.17, 15) is 4.79 Å². The van der Waals surface area contributed by atoms with E-state index in [1.807, 2.05) is 6.07 Å². The molecular weight excluding hydrogens is 382 g/mol. The minimum absolute atomic E-state index is 0.0272. The molecule has 1 aromatic carbocycles. The van der Waals surface area contributed by atoms with E-state index in [2.05, 4.69) is 44.5 Å². The minimum Gasteiger partial charge on any atom is -0.371 e. The molecule has 4 rings (SSSR count). The van der Waals surface area contributed by atoms with Crippen LogP contribution in [0.2, 0.25) is 0 Å². The van der Waals surface area contributed by atoms with Crippen molar-refractivity contribution in [3.8, 4) is 0 Å². The van der Waals surface area contributed by atoms with Crippen LogP contribution in [0.15, 0.2) is 23.4 Å². The third-order valence-corrected chi connectivity index (χ3v) is 6.88. The van der Waals surface area contributed by atoms with Crippen molar-refractivity contribution in [1.82, 2.24) is 15.2 Å². The fourth-order valence-electron chi connectivity index (χ4n) is 4.47. The molecule has 1 saturated heterocycles. The van der Waals surface area contributed by atoms with Crippen LogP contribution in [0.25, 0.3) is 0 Å². The van der Waals surface area contributed by atoms with Gasteiger partial charge in [-0.2, -0.15) is 0 Å². The highest BCUT2D eigenvalue weighted by atomic mass is 32.2. The number of thioether (sulfide) groups is 1. The Labute approximate surface area is 177 Å². The quantitative estimate of drug-likeness (QED) is 0.620. The molecule has 1 saturated carbocycles. The van der Waals surface area contributed by atoms with Crippen LogP contribution >= 0.6 is 11.8 Å². The Morgan fingerprint density at radius 3 is 2.79 bits per heavy atom. The van der Waals surface area contributed by atoms with E-state index in [1.54, 1.807) is 0 Å². The van der Waals surface area contributed by atoms with E-state index in [0.717, 1.165) is 36.9 Å². The van der Waals surface area contributed by atoms with Crippen molar-refractivity contribution in [3.63, 3.8) is 0 Å². The normalized spacial score (nSPS) is 17.2. The highest BCUT2D eigenvalue weighted by Gasteiger charge is 2.17. The number of nitrogens with zero attached hydrogens (tertiary/aromatic N) is 3. The molecule has 0 bridgehead atoms. The zero-order valence-corrected chi connectivity index (χ0v) is 18.1. The molecule has 2 aromatic rings. The van der Waals surface area contributed by atoms with E-state index in [1.165, 1.54) is 68.0 Å². The summed E-state index contributed by atoms with van der Waals surface area (Å²) in [6.45, 7) is 4.36. The van der Waals surface area contributed by atoms with Crippen LogP contribution < -0.4 is 10.2 Å². The first-order valence-electron chi connectivity index (χ1n) is 10.9. The van der Waals surface area contributed by atoms with Crippen molar-refractivity contribution in [2.75, 3.05) is 29.1 Å². The van der Waals surface area contributed by atoms with Gasteiger partial charge in [-0.3, -0.25) is 9.89 Å². The molecule has 2 heterocycles. The zero-order valence-electron chi connectivity index (χ0n) is 17.2. The lowest BCUT2D eigenvalue weighted by Gasteiger charge is -2.20. The average Bonchev–Trinajstić information content (AvgIpc) is 3.47. The number of aryl methyl sites for hydroxylation is 2. The molecule has 0 atom stereocenters. The minimum atomic E-state index is -0.0272. The summed E-state index contributed by atoms with van der Waals surface area (Å²) in [7, 11) is 0. The summed E-state index contributed by atoms with van der Waals surface area (Å²) in [4.78, 5) is 19.3. The van der Waals surface area contributed by atoms with Gasteiger partial charge < -0.3 is 10.2 Å². The van der Waals surface area contributed by atoms with Crippen molar-refractivity contribution < 1.29 is 4.79 Å². The van der Waals surface area contributed by atoms with Gasteiger partial charge in [0.05, 0.1) is 5.75 Å². The van der Waals surface area contributed by atoms with Gasteiger partial charge in [-0.1, -0.05) is 37.4 Å². The Bertz CT molecular complexity index is 824. The second kappa shape index (κ2) is 9.65. The van der Waals surface area contributed by atoms with Crippen LogP contribution in [-0.2, 0) is 11.2 Å². The Morgan fingerprint density at radius 2 is 2.03 bits per heavy atom. The molecule has 1 aromatic heterocycles. The van der Waals surface area contributed by atoms with Crippen LogP contribution in [0.5, 0.6) is 0 Å². The second-order valence-electron chi connectivity index (χ2n) is 8.29. The van der Waals surface area contributed by atoms with Crippen molar-refractivity contribution >= 4 is 29.0 Å². The van der Waals surface area contributed by atoms with Crippen LogP contribution in [-0.4, -0.2) is 39.9 Å². The number of H-pyrrole nitrogens is 1. The third kappa shape index (κ3) is 5.53. The summed E-state index contributed by atoms with van der Waals surface area (Å²) >= 11 is 1.38. The van der Waals surface area contributed by atoms with Gasteiger partial charge in [0.1, 0.15) is 5.82 Å². The first kappa shape index (κ1) is 20.3. The summed E-state index contributed by atoms with van der Waals surface area (Å²) in [5.74, 6) is 2.07. The number of carbonyl (C=O) groups excluding carboxylic acids is 1. The first-order valence-corrected chi connectivity index (χ1v) is 11.9. The molecule has 1 amide bonds. The molecule has 2 fully saturated rings. The molecule has 1 aliphatic heterocycles. The van der Waals surface area contributed by atoms with Crippen LogP contribution in [0.1, 0.15) is 56.3 Å². The third-order valence-electron chi connectivity index (χ3n) is 6.04. The van der Waals surface area contributed by atoms with Crippen LogP contribution in [0.4, 0.5) is 11.4 Å². The average molecular weight is 414 g/mol. The Morgan fingerprint density at radius 1 is 1.24 bits per heavy atom. The smallest absolute Gasteiger partial charge is 0.234 e. The van der Waals surface area contributed by atoms with Crippen molar-refractivity contribution in [3.05, 3.63) is 29.6 Å². The maximum atomic E-state index is 12.3. The zero-order chi connectivity index (χ0) is 20.1. The number of nitrogens with one attached hydrogen (secondary N) is 2. The summed E-state index contributed by atoms with van der Waals surface area (Å²) in [5.41, 5.74) is 3.34. The number of hydrogen-bond donors (Lipinski definition) is 2. The molecule has 1 aliphatic carbocycles. The van der Waals surface area contributed by atoms with E-state index in [4.69, 9.17) is 0 Å². The highest BCUT2D eigenvalue weighted by Crippen LogP contribution is 2.29. The molecule has 6 nitrogen and oxygen atoms in total. The summed E-state index contributed by atoms with van der Waals surface area (Å²) in [5, 5.41) is 10.9. The summed E-state index contributed by atoms with van der Waals surface area (Å²) < 4.78 is 0. The number of hydrogen-bond acceptors (Lipinski definition) is 5. The standard InChI is InChI=1S/C22H31N5OS/c1-16-14-18(9-10-19(16)27-12-4-5-13-27)23-21(28)15-29-22-24-20(25-26-22)11-8-17-6-2-3-7-17/h9-10,14,17H,2-8,11-13,15H2,1H3,(H,23,28)(H,24,25,26). The van der Waals surface area contributed by atoms with Gasteiger partial charge in [0.25, 0.3) is 0 Å². The predicted octanol–water partition coefficient (Wildman–Crippen LogP) is 4.57. The van der Waals surface area contributed by atoms with E-state index < -0.39 is 0 Å². The molecule has 7 heteroatoms. The van der Waals surface area contributed by atoms with Crippen LogP contribution in [0, 0.1) is 12.8 Å². The SMILES string of the molecule is Cc1cc(NC(=O)CSc2n[nH]c(CCC3CCCC3)n2)ccc1N1CCCC1. The van der Waals surface area contributed by atoms with E-state index in [0.29, 0.717) is 10.9 Å². The molecule has 0 spiro atoms. The second-order valence-corrected chi connectivity index (χ2v) is 9.23. The summed E-state index contributed by atoms with van der Waals surface area (Å²) in [6, 6.07) is 6.18.